The summed E-state index contributed by atoms with van der Waals surface area (Å²) < 4.78 is 0. The van der Waals surface area contributed by atoms with Crippen molar-refractivity contribution in [1.29, 1.82) is 0 Å². The van der Waals surface area contributed by atoms with Gasteiger partial charge in [0.15, 0.2) is 0 Å². The predicted octanol–water partition coefficient (Wildman–Crippen LogP) is 1.69. The van der Waals surface area contributed by atoms with Crippen LogP contribution in [0.4, 0.5) is 11.4 Å². The molecule has 0 spiro atoms. The van der Waals surface area contributed by atoms with E-state index in [4.69, 9.17) is 11.5 Å². The predicted molar refractivity (Wildman–Crippen MR) is 92.4 cm³/mol. The highest BCUT2D eigenvalue weighted by Crippen LogP contribution is 2.17. The molecule has 0 radical (unpaired) electrons. The van der Waals surface area contributed by atoms with Crippen molar-refractivity contribution in [3.63, 3.8) is 0 Å². The summed E-state index contributed by atoms with van der Waals surface area (Å²) in [6.45, 7) is 2.57. The molecule has 1 amide bonds. The Bertz CT molecular complexity index is 496. The molecule has 0 saturated heterocycles. The summed E-state index contributed by atoms with van der Waals surface area (Å²) in [6.07, 6.45) is 2.40. The van der Waals surface area contributed by atoms with E-state index in [2.05, 4.69) is 10.3 Å². The fraction of sp³-hybridized carbons (Fsp3) is 0.500. The van der Waals surface area contributed by atoms with Crippen molar-refractivity contribution in [2.24, 2.45) is 16.5 Å². The van der Waals surface area contributed by atoms with Crippen molar-refractivity contribution in [3.8, 4) is 0 Å². The number of nitrogens with one attached hydrogen (secondary N) is 1. The minimum atomic E-state index is -0.500. The van der Waals surface area contributed by atoms with E-state index >= 15 is 0 Å². The Morgan fingerprint density at radius 3 is 2.45 bits per heavy atom. The van der Waals surface area contributed by atoms with Crippen LogP contribution >= 0.6 is 0 Å². The van der Waals surface area contributed by atoms with Gasteiger partial charge in [0.25, 0.3) is 0 Å². The van der Waals surface area contributed by atoms with E-state index in [0.29, 0.717) is 13.0 Å². The summed E-state index contributed by atoms with van der Waals surface area (Å²) in [7, 11) is 3.89. The lowest BCUT2D eigenvalue weighted by atomic mass is 10.1. The molecule has 22 heavy (non-hydrogen) atoms. The number of nitrogens with two attached hydrogens (primary N) is 2. The minimum Gasteiger partial charge on any atom is -0.366 e. The summed E-state index contributed by atoms with van der Waals surface area (Å²) in [5, 5.41) is 2.82. The number of hydrogen-bond acceptors (Lipinski definition) is 4. The van der Waals surface area contributed by atoms with E-state index in [0.717, 1.165) is 30.1 Å². The Kier molecular flexibility index (Phi) is 7.56. The van der Waals surface area contributed by atoms with Crippen molar-refractivity contribution in [2.45, 2.75) is 32.2 Å². The summed E-state index contributed by atoms with van der Waals surface area (Å²) in [5.74, 6) is 0.747. The second kappa shape index (κ2) is 9.17. The third kappa shape index (κ3) is 6.24. The Hall–Kier alpha value is -1.92. The molecule has 1 rings (SSSR count). The van der Waals surface area contributed by atoms with Crippen LogP contribution in [0.1, 0.15) is 26.2 Å². The first-order chi connectivity index (χ1) is 10.4. The third-order valence-electron chi connectivity index (χ3n) is 3.38. The second-order valence-corrected chi connectivity index (χ2v) is 5.48. The summed E-state index contributed by atoms with van der Waals surface area (Å²) in [6, 6.07) is 6.88. The molecule has 0 saturated carbocycles. The Morgan fingerprint density at radius 1 is 1.27 bits per heavy atom. The molecule has 1 aromatic rings. The van der Waals surface area contributed by atoms with E-state index in [1.54, 1.807) is 0 Å². The maximum absolute atomic E-state index is 12.0. The van der Waals surface area contributed by atoms with Gasteiger partial charge < -0.3 is 21.7 Å². The number of amides is 1. The van der Waals surface area contributed by atoms with Crippen molar-refractivity contribution in [2.75, 3.05) is 26.0 Å². The number of anilines is 1. The van der Waals surface area contributed by atoms with Gasteiger partial charge in [-0.1, -0.05) is 6.42 Å². The molecule has 1 atom stereocenters. The van der Waals surface area contributed by atoms with Crippen molar-refractivity contribution in [1.82, 2.24) is 4.90 Å². The van der Waals surface area contributed by atoms with Crippen LogP contribution in [0.5, 0.6) is 0 Å². The highest BCUT2D eigenvalue weighted by molar-refractivity contribution is 5.94. The van der Waals surface area contributed by atoms with Crippen molar-refractivity contribution >= 4 is 23.1 Å². The van der Waals surface area contributed by atoms with Gasteiger partial charge in [-0.15, -0.1) is 0 Å². The normalized spacial score (nSPS) is 12.9. The van der Waals surface area contributed by atoms with Crippen LogP contribution in [0, 0.1) is 0 Å². The molecular weight excluding hydrogens is 278 g/mol. The van der Waals surface area contributed by atoms with Crippen molar-refractivity contribution < 1.29 is 4.79 Å². The maximum Gasteiger partial charge on any atom is 0.241 e. The fourth-order valence-corrected chi connectivity index (χ4v) is 1.78. The van der Waals surface area contributed by atoms with Gasteiger partial charge in [-0.25, -0.2) is 4.99 Å². The average Bonchev–Trinajstić information content (AvgIpc) is 2.49. The number of rotatable bonds is 7. The number of benzene rings is 1. The van der Waals surface area contributed by atoms with Gasteiger partial charge in [0.1, 0.15) is 5.84 Å². The minimum absolute atomic E-state index is 0.169. The van der Waals surface area contributed by atoms with Gasteiger partial charge >= 0.3 is 0 Å². The molecule has 0 aliphatic heterocycles. The van der Waals surface area contributed by atoms with Gasteiger partial charge in [-0.05, 0) is 50.6 Å². The van der Waals surface area contributed by atoms with E-state index < -0.39 is 6.04 Å². The fourth-order valence-electron chi connectivity index (χ4n) is 1.78. The maximum atomic E-state index is 12.0. The first-order valence-corrected chi connectivity index (χ1v) is 7.53. The summed E-state index contributed by atoms with van der Waals surface area (Å²) in [5.41, 5.74) is 12.8. The SMILES string of the molecule is CC(=Nc1ccc(NC(=O)C(N)CCCCN)cc1)N(C)C. The molecule has 1 unspecified atom stereocenters. The number of carbonyl (C=O) groups excluding carboxylic acids is 1. The molecule has 6 heteroatoms. The smallest absolute Gasteiger partial charge is 0.241 e. The van der Waals surface area contributed by atoms with E-state index in [1.807, 2.05) is 50.2 Å². The standard InChI is InChI=1S/C16H27N5O/c1-12(21(2)3)19-13-7-9-14(10-8-13)20-16(22)15(18)6-4-5-11-17/h7-10,15H,4-6,11,17-18H2,1-3H3,(H,20,22). The van der Waals surface area contributed by atoms with Gasteiger partial charge in [0.2, 0.25) is 5.91 Å². The Labute approximate surface area is 132 Å². The monoisotopic (exact) mass is 305 g/mol. The Morgan fingerprint density at radius 2 is 1.91 bits per heavy atom. The first-order valence-electron chi connectivity index (χ1n) is 7.53. The Balaban J connectivity index is 2.57. The zero-order valence-electron chi connectivity index (χ0n) is 13.7. The first kappa shape index (κ1) is 18.1. The highest BCUT2D eigenvalue weighted by Gasteiger charge is 2.12. The molecule has 122 valence electrons. The van der Waals surface area contributed by atoms with Crippen molar-refractivity contribution in [3.05, 3.63) is 24.3 Å². The lowest BCUT2D eigenvalue weighted by Gasteiger charge is -2.13. The van der Waals surface area contributed by atoms with Crippen LogP contribution in [-0.2, 0) is 4.79 Å². The number of unbranched alkanes of at least 4 members (excludes halogenated alkanes) is 1. The number of nitrogens with zero attached hydrogens (tertiary/aromatic N) is 2. The quantitative estimate of drug-likeness (QED) is 0.406. The zero-order chi connectivity index (χ0) is 16.5. The number of aliphatic imine (C=N–C) groups is 1. The van der Waals surface area contributed by atoms with Crippen LogP contribution in [0.3, 0.4) is 0 Å². The molecule has 0 aliphatic rings. The van der Waals surface area contributed by atoms with Gasteiger partial charge in [-0.3, -0.25) is 4.79 Å². The number of hydrogen-bond donors (Lipinski definition) is 3. The lowest BCUT2D eigenvalue weighted by Crippen LogP contribution is -2.35. The van der Waals surface area contributed by atoms with Crippen LogP contribution in [0.15, 0.2) is 29.3 Å². The van der Waals surface area contributed by atoms with Gasteiger partial charge in [0, 0.05) is 19.8 Å². The molecule has 5 N–H and O–H groups in total. The molecule has 0 heterocycles. The largest absolute Gasteiger partial charge is 0.366 e. The molecular formula is C16H27N5O. The average molecular weight is 305 g/mol. The number of amidine groups is 1. The van der Waals surface area contributed by atoms with Crippen LogP contribution in [0.25, 0.3) is 0 Å². The van der Waals surface area contributed by atoms with E-state index in [-0.39, 0.29) is 5.91 Å². The van der Waals surface area contributed by atoms with E-state index in [1.165, 1.54) is 0 Å². The number of carbonyl (C=O) groups is 1. The second-order valence-electron chi connectivity index (χ2n) is 5.48. The van der Waals surface area contributed by atoms with Crippen LogP contribution in [-0.4, -0.2) is 43.3 Å². The van der Waals surface area contributed by atoms with Crippen LogP contribution in [0.2, 0.25) is 0 Å². The molecule has 6 nitrogen and oxygen atoms in total. The summed E-state index contributed by atoms with van der Waals surface area (Å²) >= 11 is 0. The van der Waals surface area contributed by atoms with E-state index in [9.17, 15) is 4.79 Å². The van der Waals surface area contributed by atoms with Crippen LogP contribution < -0.4 is 16.8 Å². The molecule has 0 aliphatic carbocycles. The third-order valence-corrected chi connectivity index (χ3v) is 3.38. The van der Waals surface area contributed by atoms with Gasteiger partial charge in [-0.2, -0.15) is 0 Å². The highest BCUT2D eigenvalue weighted by atomic mass is 16.2. The lowest BCUT2D eigenvalue weighted by molar-refractivity contribution is -0.117. The molecule has 0 fully saturated rings. The zero-order valence-corrected chi connectivity index (χ0v) is 13.7. The topological polar surface area (TPSA) is 96.7 Å². The molecule has 0 bridgehead atoms. The summed E-state index contributed by atoms with van der Waals surface area (Å²) in [4.78, 5) is 18.4. The molecule has 0 aromatic heterocycles. The molecule has 1 aromatic carbocycles. The van der Waals surface area contributed by atoms with Gasteiger partial charge in [0.05, 0.1) is 11.7 Å².